The van der Waals surface area contributed by atoms with Crippen molar-refractivity contribution in [2.45, 2.75) is 71.4 Å². The third-order valence-electron chi connectivity index (χ3n) is 5.18. The van der Waals surface area contributed by atoms with Crippen LogP contribution in [-0.4, -0.2) is 60.0 Å². The van der Waals surface area contributed by atoms with Crippen molar-refractivity contribution in [3.8, 4) is 0 Å². The van der Waals surface area contributed by atoms with E-state index in [0.29, 0.717) is 18.5 Å². The van der Waals surface area contributed by atoms with Crippen LogP contribution >= 0.6 is 0 Å². The first-order valence-corrected chi connectivity index (χ1v) is 10.4. The number of unbranched alkanes of at least 4 members (excludes halogenated alkanes) is 1. The van der Waals surface area contributed by atoms with Crippen LogP contribution in [0, 0.1) is 5.92 Å². The second-order valence-electron chi connectivity index (χ2n) is 8.56. The monoisotopic (exact) mass is 377 g/mol. The van der Waals surface area contributed by atoms with Crippen LogP contribution in [0.2, 0.25) is 0 Å². The van der Waals surface area contributed by atoms with Gasteiger partial charge in [0.15, 0.2) is 0 Å². The number of nitrogens with zero attached hydrogens (tertiary/aromatic N) is 4. The van der Waals surface area contributed by atoms with Gasteiger partial charge in [-0.25, -0.2) is 9.97 Å². The molecule has 0 aliphatic carbocycles. The second kappa shape index (κ2) is 10.6. The highest BCUT2D eigenvalue weighted by atomic mass is 16.1. The number of hydrogen-bond acceptors (Lipinski definition) is 5. The first-order chi connectivity index (χ1) is 12.9. The third-order valence-corrected chi connectivity index (χ3v) is 5.18. The van der Waals surface area contributed by atoms with Crippen molar-refractivity contribution >= 4 is 11.9 Å². The molecule has 1 fully saturated rings. The lowest BCUT2D eigenvalue weighted by atomic mass is 10.1. The van der Waals surface area contributed by atoms with Crippen molar-refractivity contribution in [1.29, 1.82) is 0 Å². The number of hydrogen-bond donors (Lipinski definition) is 1. The smallest absolute Gasteiger partial charge is 0.225 e. The number of carbonyl (C=O) groups excluding carboxylic acids is 1. The van der Waals surface area contributed by atoms with Gasteiger partial charge in [0.2, 0.25) is 11.9 Å². The number of carbonyl (C=O) groups is 1. The summed E-state index contributed by atoms with van der Waals surface area (Å²) in [5.74, 6) is 1.56. The second-order valence-corrected chi connectivity index (χ2v) is 8.56. The Morgan fingerprint density at radius 3 is 2.63 bits per heavy atom. The van der Waals surface area contributed by atoms with Crippen molar-refractivity contribution in [2.24, 2.45) is 5.92 Å². The molecule has 6 nitrogen and oxygen atoms in total. The molecule has 1 aliphatic heterocycles. The summed E-state index contributed by atoms with van der Waals surface area (Å²) in [6.07, 6.45) is 9.72. The lowest BCUT2D eigenvalue weighted by molar-refractivity contribution is -0.120. The normalized spacial score (nSPS) is 19.9. The Bertz CT molecular complexity index is 579. The van der Waals surface area contributed by atoms with Gasteiger partial charge in [-0.1, -0.05) is 26.7 Å². The fourth-order valence-corrected chi connectivity index (χ4v) is 3.76. The topological polar surface area (TPSA) is 61.4 Å². The van der Waals surface area contributed by atoms with Crippen molar-refractivity contribution < 1.29 is 6.22 Å². The van der Waals surface area contributed by atoms with Gasteiger partial charge in [-0.05, 0) is 51.8 Å². The summed E-state index contributed by atoms with van der Waals surface area (Å²) < 4.78 is 0. The molecule has 1 saturated heterocycles. The van der Waals surface area contributed by atoms with Gasteiger partial charge in [-0.15, -0.1) is 0 Å². The highest BCUT2D eigenvalue weighted by Crippen LogP contribution is 2.28. The van der Waals surface area contributed by atoms with E-state index in [1.807, 2.05) is 0 Å². The fraction of sp³-hybridized carbons (Fsp3) is 0.762. The molecule has 1 amide bonds. The summed E-state index contributed by atoms with van der Waals surface area (Å²) in [6, 6.07) is 0.907. The summed E-state index contributed by atoms with van der Waals surface area (Å²) in [4.78, 5) is 25.8. The first kappa shape index (κ1) is 21.6. The van der Waals surface area contributed by atoms with Crippen LogP contribution in [0.1, 0.15) is 59.9 Å². The van der Waals surface area contributed by atoms with E-state index in [9.17, 15) is 4.79 Å². The summed E-state index contributed by atoms with van der Waals surface area (Å²) in [7, 11) is 4.21. The molecule has 154 valence electrons. The number of amides is 1. The maximum Gasteiger partial charge on any atom is 0.225 e. The van der Waals surface area contributed by atoms with E-state index in [1.165, 1.54) is 19.3 Å². The molecule has 1 aromatic rings. The molecule has 0 bridgehead atoms. The minimum absolute atomic E-state index is 0. The van der Waals surface area contributed by atoms with Crippen LogP contribution in [0.3, 0.4) is 0 Å². The Morgan fingerprint density at radius 2 is 2.00 bits per heavy atom. The van der Waals surface area contributed by atoms with Crippen molar-refractivity contribution in [3.63, 3.8) is 0 Å². The number of nitrogens with one attached hydrogen (secondary N) is 1. The molecule has 1 N–H and O–H groups in total. The first-order valence-electron chi connectivity index (χ1n) is 10.4. The Hall–Kier alpha value is -1.69. The number of aromatic nitrogens is 2. The van der Waals surface area contributed by atoms with E-state index in [2.05, 4.69) is 60.0 Å². The minimum Gasteiger partial charge on any atom is -0.356 e. The molecule has 0 saturated carbocycles. The predicted molar refractivity (Wildman–Crippen MR) is 113 cm³/mol. The molecule has 2 heterocycles. The molecular weight excluding hydrogens is 338 g/mol. The van der Waals surface area contributed by atoms with Crippen LogP contribution in [-0.2, 0) is 11.2 Å². The molecule has 2 rings (SSSR count). The maximum atomic E-state index is 12.1. The van der Waals surface area contributed by atoms with Crippen molar-refractivity contribution in [3.05, 3.63) is 18.0 Å². The fourth-order valence-electron chi connectivity index (χ4n) is 3.76. The molecule has 2 atom stereocenters. The highest BCUT2D eigenvalue weighted by molar-refractivity contribution is 5.78. The van der Waals surface area contributed by atoms with Gasteiger partial charge in [-0.2, -0.15) is 0 Å². The van der Waals surface area contributed by atoms with Gasteiger partial charge in [-0.3, -0.25) is 4.79 Å². The Labute approximate surface area is 166 Å². The predicted octanol–water partition coefficient (Wildman–Crippen LogP) is 3.13. The number of anilines is 1. The van der Waals surface area contributed by atoms with Gasteiger partial charge < -0.3 is 15.1 Å². The van der Waals surface area contributed by atoms with E-state index in [4.69, 9.17) is 0 Å². The van der Waals surface area contributed by atoms with Crippen LogP contribution in [0.4, 0.5) is 5.95 Å². The minimum atomic E-state index is 0. The zero-order valence-electron chi connectivity index (χ0n) is 17.7. The summed E-state index contributed by atoms with van der Waals surface area (Å²) in [5, 5.41) is 3.00. The van der Waals surface area contributed by atoms with Gasteiger partial charge in [0.1, 0.15) is 0 Å². The van der Waals surface area contributed by atoms with Gasteiger partial charge >= 0.3 is 0 Å². The van der Waals surface area contributed by atoms with Crippen molar-refractivity contribution in [1.82, 2.24) is 20.2 Å². The van der Waals surface area contributed by atoms with Gasteiger partial charge in [0.25, 0.3) is 0 Å². The molecule has 6 heteroatoms. The quantitative estimate of drug-likeness (QED) is 0.635. The SMILES string of the molecule is CC(C)CCCCNC(=O)Cc1cnc(N2C(C)CCC2CN(C)C)nc1.[HH]. The molecule has 1 aliphatic rings. The van der Waals surface area contributed by atoms with Crippen LogP contribution < -0.4 is 10.2 Å². The van der Waals surface area contributed by atoms with E-state index < -0.39 is 0 Å². The Balaban J connectivity index is 0.00000392. The average molecular weight is 378 g/mol. The number of rotatable bonds is 10. The lowest BCUT2D eigenvalue weighted by Crippen LogP contribution is -2.41. The molecule has 0 spiro atoms. The largest absolute Gasteiger partial charge is 0.356 e. The molecular formula is C21H39N5O. The van der Waals surface area contributed by atoms with E-state index in [0.717, 1.165) is 43.4 Å². The summed E-state index contributed by atoms with van der Waals surface area (Å²) in [6.45, 7) is 8.46. The third kappa shape index (κ3) is 7.09. The lowest BCUT2D eigenvalue weighted by Gasteiger charge is -2.30. The molecule has 0 radical (unpaired) electrons. The highest BCUT2D eigenvalue weighted by Gasteiger charge is 2.32. The van der Waals surface area contributed by atoms with E-state index >= 15 is 0 Å². The van der Waals surface area contributed by atoms with Crippen LogP contribution in [0.15, 0.2) is 12.4 Å². The van der Waals surface area contributed by atoms with Crippen LogP contribution in [0.5, 0.6) is 0 Å². The Kier molecular flexibility index (Phi) is 8.48. The zero-order valence-corrected chi connectivity index (χ0v) is 17.7. The van der Waals surface area contributed by atoms with Gasteiger partial charge in [0, 0.05) is 39.0 Å². The Morgan fingerprint density at radius 1 is 1.30 bits per heavy atom. The van der Waals surface area contributed by atoms with Crippen LogP contribution in [0.25, 0.3) is 0 Å². The molecule has 0 aromatic carbocycles. The average Bonchev–Trinajstić information content (AvgIpc) is 2.95. The number of likely N-dealkylation sites (N-methyl/N-ethyl adjacent to an activating group) is 1. The van der Waals surface area contributed by atoms with Crippen molar-refractivity contribution in [2.75, 3.05) is 32.1 Å². The van der Waals surface area contributed by atoms with Gasteiger partial charge in [0.05, 0.1) is 6.42 Å². The zero-order chi connectivity index (χ0) is 19.8. The molecule has 2 unspecified atom stereocenters. The molecule has 1 aromatic heterocycles. The maximum absolute atomic E-state index is 12.1. The summed E-state index contributed by atoms with van der Waals surface area (Å²) in [5.41, 5.74) is 0.870. The van der Waals surface area contributed by atoms with E-state index in [1.54, 1.807) is 12.4 Å². The summed E-state index contributed by atoms with van der Waals surface area (Å²) >= 11 is 0. The standard InChI is InChI=1S/C21H37N5O.H2/c1-16(2)8-6-7-11-22-20(27)12-18-13-23-21(24-14-18)26-17(3)9-10-19(26)15-25(4)5;/h13-14,16-17,19H,6-12,15H2,1-5H3,(H,22,27);1H. The molecule has 27 heavy (non-hydrogen) atoms. The van der Waals surface area contributed by atoms with E-state index in [-0.39, 0.29) is 7.33 Å².